The van der Waals surface area contributed by atoms with E-state index in [4.69, 9.17) is 0 Å². The van der Waals surface area contributed by atoms with Crippen molar-refractivity contribution in [1.29, 1.82) is 0 Å². The van der Waals surface area contributed by atoms with Gasteiger partial charge in [0.25, 0.3) is 12.5 Å². The number of aromatic nitrogens is 2. The minimum atomic E-state index is -2.58. The quantitative estimate of drug-likeness (QED) is 0.841. The molecule has 0 spiro atoms. The average Bonchev–Trinajstić information content (AvgIpc) is 2.45. The van der Waals surface area contributed by atoms with Gasteiger partial charge in [0, 0.05) is 10.0 Å². The fraction of sp³-hybridized carbons (Fsp3) is 0.125. The Morgan fingerprint density at radius 3 is 2.71 bits per heavy atom. The first-order chi connectivity index (χ1) is 6.58. The van der Waals surface area contributed by atoms with Crippen LogP contribution in [0.3, 0.4) is 0 Å². The predicted molar refractivity (Wildman–Crippen MR) is 48.7 cm³/mol. The number of nitrogens with zero attached hydrogens (tertiary/aromatic N) is 1. The van der Waals surface area contributed by atoms with Gasteiger partial charge in [-0.1, -0.05) is 0 Å². The van der Waals surface area contributed by atoms with E-state index in [2.05, 4.69) is 25.9 Å². The van der Waals surface area contributed by atoms with E-state index in [0.717, 1.165) is 0 Å². The zero-order chi connectivity index (χ0) is 10.3. The summed E-state index contributed by atoms with van der Waals surface area (Å²) in [6.07, 6.45) is -3.37. The Labute approximate surface area is 85.3 Å². The molecule has 2 rings (SSSR count). The van der Waals surface area contributed by atoms with E-state index >= 15 is 0 Å². The van der Waals surface area contributed by atoms with Crippen molar-refractivity contribution >= 4 is 27.0 Å². The molecule has 0 amide bonds. The summed E-state index contributed by atoms with van der Waals surface area (Å²) in [5.74, 6) is 0. The number of alkyl halides is 2. The minimum absolute atomic E-state index is 0.173. The van der Waals surface area contributed by atoms with Crippen molar-refractivity contribution in [3.8, 4) is 0 Å². The molecule has 0 aliphatic rings. The van der Waals surface area contributed by atoms with Crippen LogP contribution in [0.1, 0.15) is 12.0 Å². The van der Waals surface area contributed by atoms with Gasteiger partial charge in [-0.25, -0.2) is 13.8 Å². The van der Waals surface area contributed by atoms with Crippen LogP contribution in [-0.2, 0) is 0 Å². The third-order valence-corrected chi connectivity index (χ3v) is 2.39. The van der Waals surface area contributed by atoms with Gasteiger partial charge in [0.1, 0.15) is 5.52 Å². The molecule has 74 valence electrons. The van der Waals surface area contributed by atoms with Crippen LogP contribution in [0.2, 0.25) is 0 Å². The molecule has 0 saturated heterocycles. The highest BCUT2D eigenvalue weighted by molar-refractivity contribution is 9.10. The van der Waals surface area contributed by atoms with Gasteiger partial charge < -0.3 is 4.98 Å². The first-order valence-electron chi connectivity index (χ1n) is 3.70. The van der Waals surface area contributed by atoms with Crippen LogP contribution in [-0.4, -0.2) is 9.97 Å². The number of imidazole rings is 1. The van der Waals surface area contributed by atoms with Gasteiger partial charge in [0.15, 0.2) is 0 Å². The Bertz CT molecular complexity index is 481. The van der Waals surface area contributed by atoms with Gasteiger partial charge >= 0.3 is 0 Å². The summed E-state index contributed by atoms with van der Waals surface area (Å²) in [5, 5.41) is 0. The Balaban J connectivity index is 2.71. The number of benzene rings is 1. The maximum absolute atomic E-state index is 12.7. The third-order valence-electron chi connectivity index (χ3n) is 1.79. The molecule has 0 aliphatic carbocycles. The van der Waals surface area contributed by atoms with E-state index in [1.807, 2.05) is 0 Å². The molecule has 0 radical (unpaired) electrons. The van der Waals surface area contributed by atoms with Crippen molar-refractivity contribution in [2.45, 2.75) is 6.43 Å². The van der Waals surface area contributed by atoms with E-state index in [-0.39, 0.29) is 11.1 Å². The van der Waals surface area contributed by atoms with Crippen LogP contribution in [0.5, 0.6) is 0 Å². The minimum Gasteiger partial charge on any atom is -0.314 e. The molecule has 0 fully saturated rings. The molecule has 1 N–H and O–H groups in total. The summed E-state index contributed by atoms with van der Waals surface area (Å²) < 4.78 is 37.7. The summed E-state index contributed by atoms with van der Waals surface area (Å²) in [7, 11) is 0. The highest BCUT2D eigenvalue weighted by Crippen LogP contribution is 2.28. The maximum atomic E-state index is 12.7. The van der Waals surface area contributed by atoms with Crippen molar-refractivity contribution in [1.82, 2.24) is 9.97 Å². The third kappa shape index (κ3) is 1.50. The lowest BCUT2D eigenvalue weighted by Crippen LogP contribution is -1.84. The van der Waals surface area contributed by atoms with Gasteiger partial charge in [0.05, 0.1) is 5.52 Å². The number of H-pyrrole nitrogens is 1. The fourth-order valence-corrected chi connectivity index (χ4v) is 1.76. The molecule has 0 atom stereocenters. The molecule has 2 nitrogen and oxygen atoms in total. The largest absolute Gasteiger partial charge is 0.314 e. The maximum Gasteiger partial charge on any atom is 0.287 e. The molecule has 0 bridgehead atoms. The van der Waals surface area contributed by atoms with Crippen LogP contribution in [0, 0.1) is 6.08 Å². The summed E-state index contributed by atoms with van der Waals surface area (Å²) in [6, 6.07) is 2.41. The molecule has 14 heavy (non-hydrogen) atoms. The highest BCUT2D eigenvalue weighted by Gasteiger charge is 2.13. The van der Waals surface area contributed by atoms with Crippen LogP contribution >= 0.6 is 15.9 Å². The van der Waals surface area contributed by atoms with Gasteiger partial charge in [-0.05, 0) is 28.1 Å². The molecule has 1 aromatic heterocycles. The first-order valence-corrected chi connectivity index (χ1v) is 4.50. The summed E-state index contributed by atoms with van der Waals surface area (Å²) >= 11 is 3.05. The van der Waals surface area contributed by atoms with Gasteiger partial charge in [-0.15, -0.1) is 0 Å². The van der Waals surface area contributed by atoms with Gasteiger partial charge in [0.2, 0.25) is 0 Å². The molecule has 0 aliphatic heterocycles. The molecule has 1 aromatic carbocycles. The van der Waals surface area contributed by atoms with Crippen molar-refractivity contribution < 1.29 is 13.2 Å². The zero-order valence-corrected chi connectivity index (χ0v) is 8.28. The molecule has 2 aromatic rings. The van der Waals surface area contributed by atoms with Crippen molar-refractivity contribution in [3.63, 3.8) is 0 Å². The fourth-order valence-electron chi connectivity index (χ4n) is 1.19. The standard InChI is InChI=1S/C8H4BrF3N2/c9-4-1-3(7(10)11)2-5-6(4)14-8(12)13-5/h1-2,7H,(H,13,14). The monoisotopic (exact) mass is 264 g/mol. The number of hydrogen-bond donors (Lipinski definition) is 1. The van der Waals surface area contributed by atoms with Crippen LogP contribution < -0.4 is 0 Å². The highest BCUT2D eigenvalue weighted by atomic mass is 79.9. The van der Waals surface area contributed by atoms with Crippen molar-refractivity contribution in [2.75, 3.05) is 0 Å². The van der Waals surface area contributed by atoms with Crippen LogP contribution in [0.15, 0.2) is 16.6 Å². The second-order valence-electron chi connectivity index (χ2n) is 2.73. The lowest BCUT2D eigenvalue weighted by molar-refractivity contribution is 0.151. The molecule has 6 heteroatoms. The molecule has 0 unspecified atom stereocenters. The molecular weight excluding hydrogens is 261 g/mol. The Morgan fingerprint density at radius 2 is 2.07 bits per heavy atom. The predicted octanol–water partition coefficient (Wildman–Crippen LogP) is 3.40. The summed E-state index contributed by atoms with van der Waals surface area (Å²) in [5.41, 5.74) is 0.395. The number of halogens is 4. The zero-order valence-electron chi connectivity index (χ0n) is 6.69. The second kappa shape index (κ2) is 3.27. The Hall–Kier alpha value is -1.04. The lowest BCUT2D eigenvalue weighted by atomic mass is 10.2. The smallest absolute Gasteiger partial charge is 0.287 e. The van der Waals surface area contributed by atoms with E-state index in [9.17, 15) is 13.2 Å². The van der Waals surface area contributed by atoms with Crippen LogP contribution in [0.25, 0.3) is 11.0 Å². The van der Waals surface area contributed by atoms with Crippen LogP contribution in [0.4, 0.5) is 13.2 Å². The number of fused-ring (bicyclic) bond motifs is 1. The van der Waals surface area contributed by atoms with Gasteiger partial charge in [-0.2, -0.15) is 4.39 Å². The van der Waals surface area contributed by atoms with E-state index in [1.54, 1.807) is 0 Å². The number of aromatic amines is 1. The molecular formula is C8H4BrF3N2. The van der Waals surface area contributed by atoms with Gasteiger partial charge in [-0.3, -0.25) is 0 Å². The number of nitrogens with one attached hydrogen (secondary N) is 1. The normalized spacial score (nSPS) is 11.5. The Kier molecular flexibility index (Phi) is 2.22. The van der Waals surface area contributed by atoms with E-state index in [0.29, 0.717) is 9.99 Å². The Morgan fingerprint density at radius 1 is 1.36 bits per heavy atom. The molecule has 1 heterocycles. The summed E-state index contributed by atoms with van der Waals surface area (Å²) in [4.78, 5) is 5.75. The van der Waals surface area contributed by atoms with Crippen molar-refractivity contribution in [3.05, 3.63) is 28.2 Å². The second-order valence-corrected chi connectivity index (χ2v) is 3.58. The molecule has 0 saturated carbocycles. The lowest BCUT2D eigenvalue weighted by Gasteiger charge is -2.00. The SMILES string of the molecule is Fc1nc2c(Br)cc(C(F)F)cc2[nH]1. The van der Waals surface area contributed by atoms with Crippen molar-refractivity contribution in [2.24, 2.45) is 0 Å². The average molecular weight is 265 g/mol. The number of hydrogen-bond acceptors (Lipinski definition) is 1. The number of rotatable bonds is 1. The van der Waals surface area contributed by atoms with E-state index in [1.165, 1.54) is 12.1 Å². The first kappa shape index (κ1) is 9.51. The topological polar surface area (TPSA) is 28.7 Å². The van der Waals surface area contributed by atoms with E-state index < -0.39 is 12.5 Å². The summed E-state index contributed by atoms with van der Waals surface area (Å²) in [6.45, 7) is 0.